The highest BCUT2D eigenvalue weighted by atomic mass is 19.3. The SMILES string of the molecule is NCCN(C(=O)C1CCC(F)(F)CC1)C1CCCC1. The highest BCUT2D eigenvalue weighted by molar-refractivity contribution is 5.79. The number of amides is 1. The van der Waals surface area contributed by atoms with Crippen LogP contribution in [0.25, 0.3) is 0 Å². The van der Waals surface area contributed by atoms with Crippen molar-refractivity contribution >= 4 is 5.91 Å². The molecular formula is C14H24F2N2O. The predicted octanol–water partition coefficient (Wildman–Crippen LogP) is 2.54. The lowest BCUT2D eigenvalue weighted by Gasteiger charge is -2.35. The maximum atomic E-state index is 13.1. The highest BCUT2D eigenvalue weighted by Gasteiger charge is 2.39. The minimum absolute atomic E-state index is 0.0628. The minimum Gasteiger partial charge on any atom is -0.338 e. The normalized spacial score (nSPS) is 24.6. The highest BCUT2D eigenvalue weighted by Crippen LogP contribution is 2.37. The lowest BCUT2D eigenvalue weighted by atomic mass is 9.85. The Kier molecular flexibility index (Phi) is 4.76. The fourth-order valence-electron chi connectivity index (χ4n) is 3.35. The summed E-state index contributed by atoms with van der Waals surface area (Å²) in [6, 6.07) is 0.290. The predicted molar refractivity (Wildman–Crippen MR) is 69.9 cm³/mol. The molecule has 0 aromatic rings. The number of nitrogens with two attached hydrogens (primary N) is 1. The second-order valence-corrected chi connectivity index (χ2v) is 5.89. The monoisotopic (exact) mass is 274 g/mol. The van der Waals surface area contributed by atoms with Crippen molar-refractivity contribution < 1.29 is 13.6 Å². The number of halogens is 2. The van der Waals surface area contributed by atoms with Crippen molar-refractivity contribution in [1.82, 2.24) is 4.90 Å². The molecule has 5 heteroatoms. The fraction of sp³-hybridized carbons (Fsp3) is 0.929. The zero-order valence-electron chi connectivity index (χ0n) is 11.4. The molecule has 2 N–H and O–H groups in total. The van der Waals surface area contributed by atoms with Crippen molar-refractivity contribution in [3.05, 3.63) is 0 Å². The van der Waals surface area contributed by atoms with Gasteiger partial charge in [-0.1, -0.05) is 12.8 Å². The Balaban J connectivity index is 1.95. The molecule has 0 radical (unpaired) electrons. The zero-order valence-corrected chi connectivity index (χ0v) is 11.4. The van der Waals surface area contributed by atoms with E-state index < -0.39 is 5.92 Å². The van der Waals surface area contributed by atoms with Crippen molar-refractivity contribution in [3.8, 4) is 0 Å². The second-order valence-electron chi connectivity index (χ2n) is 5.89. The van der Waals surface area contributed by atoms with Crippen LogP contribution in [0.4, 0.5) is 8.78 Å². The lowest BCUT2D eigenvalue weighted by Crippen LogP contribution is -2.46. The standard InChI is InChI=1S/C14H24F2N2O/c15-14(16)7-5-11(6-8-14)13(19)18(10-9-17)12-3-1-2-4-12/h11-12H,1-10,17H2. The van der Waals surface area contributed by atoms with Gasteiger partial charge < -0.3 is 10.6 Å². The van der Waals surface area contributed by atoms with E-state index in [1.165, 1.54) is 0 Å². The Bertz CT molecular complexity index is 307. The zero-order chi connectivity index (χ0) is 13.9. The molecule has 0 bridgehead atoms. The quantitative estimate of drug-likeness (QED) is 0.856. The molecule has 110 valence electrons. The Morgan fingerprint density at radius 3 is 2.26 bits per heavy atom. The van der Waals surface area contributed by atoms with Gasteiger partial charge in [0.2, 0.25) is 11.8 Å². The van der Waals surface area contributed by atoms with Gasteiger partial charge in [0.05, 0.1) is 0 Å². The first-order chi connectivity index (χ1) is 9.03. The maximum absolute atomic E-state index is 13.1. The van der Waals surface area contributed by atoms with Gasteiger partial charge in [-0.25, -0.2) is 8.78 Å². The molecule has 0 unspecified atom stereocenters. The number of nitrogens with zero attached hydrogens (tertiary/aromatic N) is 1. The molecule has 2 aliphatic carbocycles. The Morgan fingerprint density at radius 2 is 1.74 bits per heavy atom. The summed E-state index contributed by atoms with van der Waals surface area (Å²) in [5.41, 5.74) is 5.59. The van der Waals surface area contributed by atoms with Gasteiger partial charge in [-0.05, 0) is 25.7 Å². The van der Waals surface area contributed by atoms with Crippen LogP contribution in [0.1, 0.15) is 51.4 Å². The van der Waals surface area contributed by atoms with Gasteiger partial charge in [-0.2, -0.15) is 0 Å². The summed E-state index contributed by atoms with van der Waals surface area (Å²) in [5.74, 6) is -2.72. The molecule has 0 heterocycles. The third-order valence-electron chi connectivity index (χ3n) is 4.48. The maximum Gasteiger partial charge on any atom is 0.248 e. The van der Waals surface area contributed by atoms with Crippen LogP contribution in [0.15, 0.2) is 0 Å². The number of hydrogen-bond acceptors (Lipinski definition) is 2. The molecule has 2 rings (SSSR count). The van der Waals surface area contributed by atoms with Gasteiger partial charge in [0.15, 0.2) is 0 Å². The molecule has 0 aromatic heterocycles. The summed E-state index contributed by atoms with van der Waals surface area (Å²) >= 11 is 0. The van der Waals surface area contributed by atoms with Crippen LogP contribution >= 0.6 is 0 Å². The van der Waals surface area contributed by atoms with Crippen molar-refractivity contribution in [1.29, 1.82) is 0 Å². The summed E-state index contributed by atoms with van der Waals surface area (Å²) in [7, 11) is 0. The molecule has 0 atom stereocenters. The summed E-state index contributed by atoms with van der Waals surface area (Å²) in [6.45, 7) is 1.02. The smallest absolute Gasteiger partial charge is 0.248 e. The Hall–Kier alpha value is -0.710. The first-order valence-corrected chi connectivity index (χ1v) is 7.42. The van der Waals surface area contributed by atoms with Crippen molar-refractivity contribution in [2.45, 2.75) is 63.3 Å². The van der Waals surface area contributed by atoms with E-state index in [1.807, 2.05) is 4.90 Å². The molecule has 0 aliphatic heterocycles. The number of alkyl halides is 2. The van der Waals surface area contributed by atoms with Gasteiger partial charge in [0.25, 0.3) is 0 Å². The largest absolute Gasteiger partial charge is 0.338 e. The van der Waals surface area contributed by atoms with Crippen LogP contribution in [-0.4, -0.2) is 35.9 Å². The number of carbonyl (C=O) groups excluding carboxylic acids is 1. The molecule has 0 saturated heterocycles. The Labute approximate surface area is 113 Å². The number of carbonyl (C=O) groups is 1. The second kappa shape index (κ2) is 6.16. The summed E-state index contributed by atoms with van der Waals surface area (Å²) in [4.78, 5) is 14.4. The van der Waals surface area contributed by atoms with E-state index in [4.69, 9.17) is 5.73 Å². The molecule has 2 fully saturated rings. The summed E-state index contributed by atoms with van der Waals surface area (Å²) in [5, 5.41) is 0. The lowest BCUT2D eigenvalue weighted by molar-refractivity contribution is -0.141. The average molecular weight is 274 g/mol. The van der Waals surface area contributed by atoms with Crippen LogP contribution < -0.4 is 5.73 Å². The molecule has 0 spiro atoms. The first kappa shape index (κ1) is 14.7. The minimum atomic E-state index is -2.57. The van der Waals surface area contributed by atoms with E-state index in [0.29, 0.717) is 32.0 Å². The number of hydrogen-bond donors (Lipinski definition) is 1. The van der Waals surface area contributed by atoms with Gasteiger partial charge in [-0.3, -0.25) is 4.79 Å². The van der Waals surface area contributed by atoms with Crippen molar-refractivity contribution in [3.63, 3.8) is 0 Å². The number of rotatable bonds is 4. The molecule has 19 heavy (non-hydrogen) atoms. The third kappa shape index (κ3) is 3.65. The Morgan fingerprint density at radius 1 is 1.16 bits per heavy atom. The molecular weight excluding hydrogens is 250 g/mol. The average Bonchev–Trinajstić information content (AvgIpc) is 2.89. The van der Waals surface area contributed by atoms with E-state index >= 15 is 0 Å². The van der Waals surface area contributed by atoms with Crippen LogP contribution in [-0.2, 0) is 4.79 Å². The summed E-state index contributed by atoms with van der Waals surface area (Å²) < 4.78 is 26.3. The first-order valence-electron chi connectivity index (χ1n) is 7.42. The fourth-order valence-corrected chi connectivity index (χ4v) is 3.35. The molecule has 0 aromatic carbocycles. The van der Waals surface area contributed by atoms with E-state index in [1.54, 1.807) is 0 Å². The van der Waals surface area contributed by atoms with Gasteiger partial charge in [0.1, 0.15) is 0 Å². The van der Waals surface area contributed by atoms with E-state index in [0.717, 1.165) is 25.7 Å². The molecule has 2 aliphatic rings. The van der Waals surface area contributed by atoms with E-state index in [2.05, 4.69) is 0 Å². The van der Waals surface area contributed by atoms with Crippen LogP contribution in [0.5, 0.6) is 0 Å². The molecule has 1 amide bonds. The third-order valence-corrected chi connectivity index (χ3v) is 4.48. The van der Waals surface area contributed by atoms with Crippen LogP contribution in [0.2, 0.25) is 0 Å². The summed E-state index contributed by atoms with van der Waals surface area (Å²) in [6.07, 6.45) is 4.72. The molecule has 3 nitrogen and oxygen atoms in total. The van der Waals surface area contributed by atoms with Gasteiger partial charge in [-0.15, -0.1) is 0 Å². The van der Waals surface area contributed by atoms with Gasteiger partial charge in [0, 0.05) is 37.9 Å². The van der Waals surface area contributed by atoms with Crippen LogP contribution in [0, 0.1) is 5.92 Å². The van der Waals surface area contributed by atoms with Crippen LogP contribution in [0.3, 0.4) is 0 Å². The van der Waals surface area contributed by atoms with Gasteiger partial charge >= 0.3 is 0 Å². The van der Waals surface area contributed by atoms with Crippen molar-refractivity contribution in [2.75, 3.05) is 13.1 Å². The topological polar surface area (TPSA) is 46.3 Å². The van der Waals surface area contributed by atoms with E-state index in [-0.39, 0.29) is 24.7 Å². The van der Waals surface area contributed by atoms with E-state index in [9.17, 15) is 13.6 Å². The van der Waals surface area contributed by atoms with Crippen molar-refractivity contribution in [2.24, 2.45) is 11.7 Å². The molecule has 2 saturated carbocycles.